The summed E-state index contributed by atoms with van der Waals surface area (Å²) in [6, 6.07) is 17.5. The van der Waals surface area contributed by atoms with Gasteiger partial charge in [0.25, 0.3) is 15.9 Å². The molecule has 2 N–H and O–H groups in total. The van der Waals surface area contributed by atoms with Crippen molar-refractivity contribution in [2.24, 2.45) is 0 Å². The van der Waals surface area contributed by atoms with Gasteiger partial charge in [-0.2, -0.15) is 0 Å². The van der Waals surface area contributed by atoms with E-state index in [-0.39, 0.29) is 10.5 Å². The number of para-hydroxylation sites is 1. The van der Waals surface area contributed by atoms with E-state index in [0.717, 1.165) is 4.88 Å². The van der Waals surface area contributed by atoms with Crippen LogP contribution < -0.4 is 10.0 Å². The highest BCUT2D eigenvalue weighted by molar-refractivity contribution is 7.92. The Labute approximate surface area is 172 Å². The van der Waals surface area contributed by atoms with Gasteiger partial charge in [0, 0.05) is 10.6 Å². The van der Waals surface area contributed by atoms with Gasteiger partial charge in [-0.3, -0.25) is 9.52 Å². The number of carbonyl (C=O) groups excluding carboxylic acids is 2. The van der Waals surface area contributed by atoms with Gasteiger partial charge in [0.05, 0.1) is 17.0 Å². The summed E-state index contributed by atoms with van der Waals surface area (Å²) in [4.78, 5) is 24.8. The maximum Gasteiger partial charge on any atom is 0.338 e. The van der Waals surface area contributed by atoms with Crippen molar-refractivity contribution >= 4 is 38.9 Å². The van der Waals surface area contributed by atoms with Gasteiger partial charge in [0.15, 0.2) is 6.61 Å². The van der Waals surface area contributed by atoms with Crippen LogP contribution in [-0.2, 0) is 26.1 Å². The van der Waals surface area contributed by atoms with E-state index in [1.807, 2.05) is 17.5 Å². The van der Waals surface area contributed by atoms with Crippen molar-refractivity contribution in [2.45, 2.75) is 11.4 Å². The van der Waals surface area contributed by atoms with Crippen LogP contribution >= 0.6 is 11.3 Å². The molecule has 2 aromatic carbocycles. The number of anilines is 1. The second-order valence-electron chi connectivity index (χ2n) is 5.93. The largest absolute Gasteiger partial charge is 0.452 e. The van der Waals surface area contributed by atoms with Crippen LogP contribution in [0.4, 0.5) is 5.69 Å². The number of hydrogen-bond donors (Lipinski definition) is 2. The van der Waals surface area contributed by atoms with Crippen LogP contribution in [0.25, 0.3) is 0 Å². The van der Waals surface area contributed by atoms with Crippen molar-refractivity contribution in [2.75, 3.05) is 11.3 Å². The number of benzene rings is 2. The maximum absolute atomic E-state index is 12.4. The van der Waals surface area contributed by atoms with Crippen molar-refractivity contribution in [1.82, 2.24) is 5.32 Å². The van der Waals surface area contributed by atoms with Crippen LogP contribution in [0.3, 0.4) is 0 Å². The third kappa shape index (κ3) is 5.90. The number of amides is 1. The van der Waals surface area contributed by atoms with Crippen molar-refractivity contribution in [3.05, 3.63) is 82.6 Å². The predicted octanol–water partition coefficient (Wildman–Crippen LogP) is 3.02. The van der Waals surface area contributed by atoms with E-state index >= 15 is 0 Å². The smallest absolute Gasteiger partial charge is 0.338 e. The molecule has 9 heteroatoms. The maximum atomic E-state index is 12.4. The third-order valence-corrected chi connectivity index (χ3v) is 6.07. The van der Waals surface area contributed by atoms with Gasteiger partial charge in [-0.1, -0.05) is 24.3 Å². The van der Waals surface area contributed by atoms with Gasteiger partial charge in [0.2, 0.25) is 0 Å². The first kappa shape index (κ1) is 20.6. The fourth-order valence-corrected chi connectivity index (χ4v) is 4.06. The van der Waals surface area contributed by atoms with Crippen molar-refractivity contribution < 1.29 is 22.7 Å². The van der Waals surface area contributed by atoms with Crippen LogP contribution in [-0.4, -0.2) is 26.9 Å². The van der Waals surface area contributed by atoms with E-state index in [1.54, 1.807) is 30.3 Å². The number of thiophene rings is 1. The Hall–Kier alpha value is -3.17. The SMILES string of the molecule is O=C(COC(=O)c1ccc(S(=O)(=O)Nc2ccccc2)cc1)NCc1cccs1. The number of carbonyl (C=O) groups is 2. The normalized spacial score (nSPS) is 10.9. The first-order valence-electron chi connectivity index (χ1n) is 8.58. The van der Waals surface area contributed by atoms with Gasteiger partial charge in [-0.05, 0) is 47.8 Å². The van der Waals surface area contributed by atoms with E-state index < -0.39 is 28.5 Å². The lowest BCUT2D eigenvalue weighted by Gasteiger charge is -2.09. The Bertz CT molecular complexity index is 1060. The minimum Gasteiger partial charge on any atom is -0.452 e. The van der Waals surface area contributed by atoms with E-state index in [9.17, 15) is 18.0 Å². The lowest BCUT2D eigenvalue weighted by atomic mass is 10.2. The molecule has 29 heavy (non-hydrogen) atoms. The Morgan fingerprint density at radius 1 is 0.931 bits per heavy atom. The summed E-state index contributed by atoms with van der Waals surface area (Å²) in [7, 11) is -3.78. The molecule has 7 nitrogen and oxygen atoms in total. The van der Waals surface area contributed by atoms with Crippen LogP contribution in [0.2, 0.25) is 0 Å². The van der Waals surface area contributed by atoms with Crippen LogP contribution in [0.15, 0.2) is 77.0 Å². The lowest BCUT2D eigenvalue weighted by molar-refractivity contribution is -0.124. The summed E-state index contributed by atoms with van der Waals surface area (Å²) in [5.74, 6) is -1.13. The second-order valence-corrected chi connectivity index (χ2v) is 8.64. The molecule has 0 saturated heterocycles. The molecule has 0 atom stereocenters. The molecule has 0 bridgehead atoms. The monoisotopic (exact) mass is 430 g/mol. The molecule has 0 aliphatic heterocycles. The predicted molar refractivity (Wildman–Crippen MR) is 110 cm³/mol. The summed E-state index contributed by atoms with van der Waals surface area (Å²) in [5.41, 5.74) is 0.583. The molecule has 1 amide bonds. The molecule has 0 saturated carbocycles. The topological polar surface area (TPSA) is 102 Å². The van der Waals surface area contributed by atoms with Crippen molar-refractivity contribution in [3.8, 4) is 0 Å². The molecule has 0 unspecified atom stereocenters. The van der Waals surface area contributed by atoms with Crippen molar-refractivity contribution in [3.63, 3.8) is 0 Å². The first-order chi connectivity index (χ1) is 13.9. The zero-order valence-corrected chi connectivity index (χ0v) is 16.8. The summed E-state index contributed by atoms with van der Waals surface area (Å²) in [6.45, 7) is -0.0468. The van der Waals surface area contributed by atoms with Crippen molar-refractivity contribution in [1.29, 1.82) is 0 Å². The fourth-order valence-electron chi connectivity index (χ4n) is 2.35. The quantitative estimate of drug-likeness (QED) is 0.535. The van der Waals surface area contributed by atoms with Gasteiger partial charge in [0.1, 0.15) is 0 Å². The first-order valence-corrected chi connectivity index (χ1v) is 10.9. The molecule has 1 aromatic heterocycles. The molecule has 0 spiro atoms. The number of hydrogen-bond acceptors (Lipinski definition) is 6. The standard InChI is InChI=1S/C20H18N2O5S2/c23-19(21-13-17-7-4-12-28-17)14-27-20(24)15-8-10-18(11-9-15)29(25,26)22-16-5-2-1-3-6-16/h1-12,22H,13-14H2,(H,21,23). The highest BCUT2D eigenvalue weighted by atomic mass is 32.2. The average molecular weight is 431 g/mol. The highest BCUT2D eigenvalue weighted by Crippen LogP contribution is 2.16. The zero-order chi connectivity index (χ0) is 20.7. The van der Waals surface area contributed by atoms with Gasteiger partial charge in [-0.25, -0.2) is 13.2 Å². The Morgan fingerprint density at radius 2 is 1.66 bits per heavy atom. The molecule has 0 radical (unpaired) electrons. The highest BCUT2D eigenvalue weighted by Gasteiger charge is 2.16. The van der Waals surface area contributed by atoms with Crippen LogP contribution in [0, 0.1) is 0 Å². The zero-order valence-electron chi connectivity index (χ0n) is 15.2. The number of ether oxygens (including phenoxy) is 1. The average Bonchev–Trinajstić information content (AvgIpc) is 3.25. The van der Waals surface area contributed by atoms with Gasteiger partial charge in [-0.15, -0.1) is 11.3 Å². The Balaban J connectivity index is 1.53. The summed E-state index contributed by atoms with van der Waals surface area (Å²) in [6.07, 6.45) is 0. The molecule has 0 aliphatic rings. The number of nitrogens with one attached hydrogen (secondary N) is 2. The lowest BCUT2D eigenvalue weighted by Crippen LogP contribution is -2.28. The number of rotatable bonds is 8. The van der Waals surface area contributed by atoms with E-state index in [4.69, 9.17) is 4.74 Å². The molecule has 0 fully saturated rings. The number of sulfonamides is 1. The summed E-state index contributed by atoms with van der Waals surface area (Å²) in [5, 5.41) is 4.55. The fraction of sp³-hybridized carbons (Fsp3) is 0.100. The molecule has 1 heterocycles. The molecular weight excluding hydrogens is 412 g/mol. The Kier molecular flexibility index (Phi) is 6.63. The molecule has 0 aliphatic carbocycles. The Morgan fingerprint density at radius 3 is 2.31 bits per heavy atom. The van der Waals surface area contributed by atoms with Crippen LogP contribution in [0.5, 0.6) is 0 Å². The molecule has 150 valence electrons. The van der Waals surface area contributed by atoms with Gasteiger partial charge >= 0.3 is 5.97 Å². The third-order valence-electron chi connectivity index (χ3n) is 3.80. The number of esters is 1. The molecular formula is C20H18N2O5S2. The van der Waals surface area contributed by atoms with Gasteiger partial charge < -0.3 is 10.1 Å². The van der Waals surface area contributed by atoms with E-state index in [1.165, 1.54) is 35.6 Å². The molecule has 3 rings (SSSR count). The van der Waals surface area contributed by atoms with E-state index in [0.29, 0.717) is 12.2 Å². The van der Waals surface area contributed by atoms with E-state index in [2.05, 4.69) is 10.0 Å². The minimum atomic E-state index is -3.78. The summed E-state index contributed by atoms with van der Waals surface area (Å²) >= 11 is 1.51. The minimum absolute atomic E-state index is 0.00611. The second kappa shape index (κ2) is 9.35. The van der Waals surface area contributed by atoms with Crippen LogP contribution in [0.1, 0.15) is 15.2 Å². The molecule has 3 aromatic rings. The summed E-state index contributed by atoms with van der Waals surface area (Å²) < 4.78 is 32.2.